The minimum Gasteiger partial charge on any atom is -0.465 e. The standard InChI is InChI=1S/C22H25N5O3S/c1-3-30-17(28)13-23-21(29)19-15(2)18-20(24-14-25-22(18)31-19)27-11-9-26(10-12-27)16-7-5-4-6-8-16/h4-8,14H,3,9-13H2,1-2H3,(H,23,29). The Morgan fingerprint density at radius 2 is 1.81 bits per heavy atom. The Labute approximate surface area is 184 Å². The highest BCUT2D eigenvalue weighted by Crippen LogP contribution is 2.35. The van der Waals surface area contributed by atoms with Crippen LogP contribution in [0.25, 0.3) is 10.2 Å². The number of benzene rings is 1. The number of amides is 1. The van der Waals surface area contributed by atoms with Gasteiger partial charge in [0.2, 0.25) is 0 Å². The molecule has 9 heteroatoms. The maximum Gasteiger partial charge on any atom is 0.325 e. The molecule has 3 heterocycles. The van der Waals surface area contributed by atoms with Crippen molar-refractivity contribution in [1.82, 2.24) is 15.3 Å². The Bertz CT molecular complexity index is 1080. The van der Waals surface area contributed by atoms with Crippen LogP contribution >= 0.6 is 11.3 Å². The van der Waals surface area contributed by atoms with Gasteiger partial charge in [0.05, 0.1) is 16.9 Å². The highest BCUT2D eigenvalue weighted by atomic mass is 32.1. The van der Waals surface area contributed by atoms with Crippen molar-refractivity contribution in [3.05, 3.63) is 47.1 Å². The first-order chi connectivity index (χ1) is 15.1. The molecular formula is C22H25N5O3S. The predicted octanol–water partition coefficient (Wildman–Crippen LogP) is 2.62. The molecule has 0 bridgehead atoms. The van der Waals surface area contributed by atoms with Crippen LogP contribution in [-0.2, 0) is 9.53 Å². The number of esters is 1. The molecule has 2 aromatic heterocycles. The second-order valence-electron chi connectivity index (χ2n) is 7.23. The second kappa shape index (κ2) is 9.30. The number of anilines is 2. The first-order valence-electron chi connectivity index (χ1n) is 10.3. The van der Waals surface area contributed by atoms with Gasteiger partial charge in [0.25, 0.3) is 5.91 Å². The molecule has 1 saturated heterocycles. The first-order valence-corrected chi connectivity index (χ1v) is 11.1. The number of rotatable bonds is 6. The number of fused-ring (bicyclic) bond motifs is 1. The van der Waals surface area contributed by atoms with E-state index in [1.807, 2.05) is 13.0 Å². The summed E-state index contributed by atoms with van der Waals surface area (Å²) in [5.41, 5.74) is 2.06. The average Bonchev–Trinajstić information content (AvgIpc) is 3.15. The SMILES string of the molecule is CCOC(=O)CNC(=O)c1sc2ncnc(N3CCN(c4ccccc4)CC3)c2c1C. The third-order valence-electron chi connectivity index (χ3n) is 5.31. The first kappa shape index (κ1) is 21.0. The normalized spacial score (nSPS) is 14.0. The third kappa shape index (κ3) is 4.46. The molecule has 0 aliphatic carbocycles. The lowest BCUT2D eigenvalue weighted by Crippen LogP contribution is -2.46. The van der Waals surface area contributed by atoms with Crippen molar-refractivity contribution in [2.24, 2.45) is 0 Å². The topological polar surface area (TPSA) is 87.7 Å². The number of aromatic nitrogens is 2. The van der Waals surface area contributed by atoms with Crippen LogP contribution < -0.4 is 15.1 Å². The third-order valence-corrected chi connectivity index (χ3v) is 6.51. The van der Waals surface area contributed by atoms with Crippen LogP contribution in [0.4, 0.5) is 11.5 Å². The van der Waals surface area contributed by atoms with E-state index in [0.29, 0.717) is 4.88 Å². The molecule has 1 aliphatic rings. The maximum atomic E-state index is 12.7. The number of nitrogens with one attached hydrogen (secondary N) is 1. The number of ether oxygens (including phenoxy) is 1. The van der Waals surface area contributed by atoms with Gasteiger partial charge >= 0.3 is 5.97 Å². The predicted molar refractivity (Wildman–Crippen MR) is 122 cm³/mol. The summed E-state index contributed by atoms with van der Waals surface area (Å²) < 4.78 is 4.87. The van der Waals surface area contributed by atoms with Gasteiger partial charge in [0, 0.05) is 31.9 Å². The van der Waals surface area contributed by atoms with Crippen molar-refractivity contribution in [2.45, 2.75) is 13.8 Å². The van der Waals surface area contributed by atoms with Gasteiger partial charge < -0.3 is 19.9 Å². The lowest BCUT2D eigenvalue weighted by Gasteiger charge is -2.37. The van der Waals surface area contributed by atoms with Crippen LogP contribution in [0.3, 0.4) is 0 Å². The van der Waals surface area contributed by atoms with Gasteiger partial charge in [0.1, 0.15) is 23.5 Å². The van der Waals surface area contributed by atoms with E-state index in [-0.39, 0.29) is 19.1 Å². The van der Waals surface area contributed by atoms with Gasteiger partial charge in [-0.3, -0.25) is 9.59 Å². The minimum atomic E-state index is -0.452. The molecule has 0 unspecified atom stereocenters. The summed E-state index contributed by atoms with van der Waals surface area (Å²) in [6.07, 6.45) is 1.55. The largest absolute Gasteiger partial charge is 0.465 e. The van der Waals surface area contributed by atoms with E-state index in [0.717, 1.165) is 47.8 Å². The van der Waals surface area contributed by atoms with Gasteiger partial charge in [-0.15, -0.1) is 11.3 Å². The van der Waals surface area contributed by atoms with Gasteiger partial charge in [0.15, 0.2) is 0 Å². The van der Waals surface area contributed by atoms with Crippen molar-refractivity contribution in [3.63, 3.8) is 0 Å². The molecular weight excluding hydrogens is 414 g/mol. The summed E-state index contributed by atoms with van der Waals surface area (Å²) >= 11 is 1.32. The number of nitrogens with zero attached hydrogens (tertiary/aromatic N) is 4. The zero-order valence-corrected chi connectivity index (χ0v) is 18.4. The van der Waals surface area contributed by atoms with Crippen LogP contribution in [0.1, 0.15) is 22.2 Å². The Morgan fingerprint density at radius 3 is 2.52 bits per heavy atom. The van der Waals surface area contributed by atoms with Crippen molar-refractivity contribution in [1.29, 1.82) is 0 Å². The van der Waals surface area contributed by atoms with E-state index in [1.165, 1.54) is 17.0 Å². The van der Waals surface area contributed by atoms with Gasteiger partial charge in [-0.05, 0) is 31.5 Å². The zero-order chi connectivity index (χ0) is 21.8. The minimum absolute atomic E-state index is 0.152. The monoisotopic (exact) mass is 439 g/mol. The molecule has 0 atom stereocenters. The molecule has 0 radical (unpaired) electrons. The van der Waals surface area contributed by atoms with Crippen LogP contribution in [0.2, 0.25) is 0 Å². The van der Waals surface area contributed by atoms with Crippen molar-refractivity contribution >= 4 is 44.9 Å². The van der Waals surface area contributed by atoms with E-state index in [2.05, 4.69) is 49.4 Å². The van der Waals surface area contributed by atoms with E-state index in [1.54, 1.807) is 13.3 Å². The number of aryl methyl sites for hydroxylation is 1. The van der Waals surface area contributed by atoms with E-state index in [9.17, 15) is 9.59 Å². The average molecular weight is 440 g/mol. The zero-order valence-electron chi connectivity index (χ0n) is 17.6. The fourth-order valence-corrected chi connectivity index (χ4v) is 4.83. The van der Waals surface area contributed by atoms with Crippen LogP contribution in [0.5, 0.6) is 0 Å². The number of carbonyl (C=O) groups excluding carboxylic acids is 2. The van der Waals surface area contributed by atoms with Gasteiger partial charge in [-0.2, -0.15) is 0 Å². The summed E-state index contributed by atoms with van der Waals surface area (Å²) in [7, 11) is 0. The van der Waals surface area contributed by atoms with Crippen molar-refractivity contribution in [2.75, 3.05) is 49.1 Å². The van der Waals surface area contributed by atoms with E-state index in [4.69, 9.17) is 4.74 Å². The van der Waals surface area contributed by atoms with Gasteiger partial charge in [-0.1, -0.05) is 18.2 Å². The molecule has 0 saturated carbocycles. The molecule has 8 nitrogen and oxygen atoms in total. The van der Waals surface area contributed by atoms with Gasteiger partial charge in [-0.25, -0.2) is 9.97 Å². The lowest BCUT2D eigenvalue weighted by atomic mass is 10.1. The number of para-hydroxylation sites is 1. The Balaban J connectivity index is 1.52. The molecule has 1 aliphatic heterocycles. The Morgan fingerprint density at radius 1 is 1.10 bits per heavy atom. The molecule has 1 aromatic carbocycles. The molecule has 162 valence electrons. The second-order valence-corrected chi connectivity index (χ2v) is 8.23. The summed E-state index contributed by atoms with van der Waals surface area (Å²) in [4.78, 5) is 39.1. The molecule has 31 heavy (non-hydrogen) atoms. The Kier molecular flexibility index (Phi) is 6.31. The van der Waals surface area contributed by atoms with E-state index >= 15 is 0 Å². The number of hydrogen-bond acceptors (Lipinski definition) is 8. The van der Waals surface area contributed by atoms with E-state index < -0.39 is 5.97 Å². The fraction of sp³-hybridized carbons (Fsp3) is 0.364. The number of carbonyl (C=O) groups is 2. The quantitative estimate of drug-likeness (QED) is 0.591. The van der Waals surface area contributed by atoms with Crippen molar-refractivity contribution < 1.29 is 14.3 Å². The summed E-state index contributed by atoms with van der Waals surface area (Å²) in [5, 5.41) is 3.54. The number of piperazine rings is 1. The number of hydrogen-bond donors (Lipinski definition) is 1. The molecule has 0 spiro atoms. The van der Waals surface area contributed by atoms with Crippen LogP contribution in [-0.4, -0.2) is 61.2 Å². The van der Waals surface area contributed by atoms with Crippen molar-refractivity contribution in [3.8, 4) is 0 Å². The molecule has 1 amide bonds. The highest BCUT2D eigenvalue weighted by Gasteiger charge is 2.24. The van der Waals surface area contributed by atoms with Crippen LogP contribution in [0, 0.1) is 6.92 Å². The lowest BCUT2D eigenvalue weighted by molar-refractivity contribution is -0.141. The molecule has 1 N–H and O–H groups in total. The van der Waals surface area contributed by atoms with Crippen LogP contribution in [0.15, 0.2) is 36.7 Å². The molecule has 4 rings (SSSR count). The Hall–Kier alpha value is -3.20. The molecule has 3 aromatic rings. The fourth-order valence-electron chi connectivity index (χ4n) is 3.77. The smallest absolute Gasteiger partial charge is 0.325 e. The summed E-state index contributed by atoms with van der Waals surface area (Å²) in [6, 6.07) is 10.4. The number of thiophene rings is 1. The highest BCUT2D eigenvalue weighted by molar-refractivity contribution is 7.20. The molecule has 1 fully saturated rings. The summed E-state index contributed by atoms with van der Waals surface area (Å²) in [5.74, 6) is 0.107. The maximum absolute atomic E-state index is 12.7. The summed E-state index contributed by atoms with van der Waals surface area (Å²) in [6.45, 7) is 7.23.